The number of rotatable bonds is 2. The molecule has 0 heterocycles. The highest BCUT2D eigenvalue weighted by Crippen LogP contribution is 2.25. The van der Waals surface area contributed by atoms with E-state index < -0.39 is 0 Å². The van der Waals surface area contributed by atoms with Crippen molar-refractivity contribution in [3.63, 3.8) is 0 Å². The minimum absolute atomic E-state index is 0.0120. The predicted octanol–water partition coefficient (Wildman–Crippen LogP) is 2.41. The molecule has 1 amide bonds. The predicted molar refractivity (Wildman–Crippen MR) is 66.8 cm³/mol. The first kappa shape index (κ1) is 11.8. The summed E-state index contributed by atoms with van der Waals surface area (Å²) in [6.07, 6.45) is 2.52. The first-order chi connectivity index (χ1) is 8.18. The van der Waals surface area contributed by atoms with Gasteiger partial charge in [-0.15, -0.1) is 0 Å². The van der Waals surface area contributed by atoms with Gasteiger partial charge < -0.3 is 4.90 Å². The Labute approximate surface area is 101 Å². The van der Waals surface area contributed by atoms with Crippen LogP contribution in [0.5, 0.6) is 0 Å². The number of nitrogens with zero attached hydrogens (tertiary/aromatic N) is 1. The van der Waals surface area contributed by atoms with Crippen molar-refractivity contribution < 1.29 is 9.59 Å². The molecule has 1 saturated carbocycles. The molecule has 1 aliphatic rings. The van der Waals surface area contributed by atoms with Gasteiger partial charge in [0.15, 0.2) is 0 Å². The monoisotopic (exact) mass is 231 g/mol. The number of carbonyl (C=O) groups is 2. The summed E-state index contributed by atoms with van der Waals surface area (Å²) in [5.41, 5.74) is 0.911. The second kappa shape index (κ2) is 5.13. The van der Waals surface area contributed by atoms with E-state index >= 15 is 0 Å². The minimum Gasteiger partial charge on any atom is -0.315 e. The maximum absolute atomic E-state index is 12.2. The second-order valence-corrected chi connectivity index (χ2v) is 4.55. The summed E-state index contributed by atoms with van der Waals surface area (Å²) >= 11 is 0. The molecule has 17 heavy (non-hydrogen) atoms. The molecule has 0 aromatic heterocycles. The van der Waals surface area contributed by atoms with Gasteiger partial charge in [-0.25, -0.2) is 0 Å². The summed E-state index contributed by atoms with van der Waals surface area (Å²) in [4.78, 5) is 25.1. The molecule has 0 bridgehead atoms. The van der Waals surface area contributed by atoms with Crippen molar-refractivity contribution >= 4 is 17.4 Å². The molecule has 0 radical (unpaired) electrons. The zero-order valence-electron chi connectivity index (χ0n) is 10.1. The lowest BCUT2D eigenvalue weighted by molar-refractivity contribution is -0.126. The highest BCUT2D eigenvalue weighted by molar-refractivity contribution is 5.95. The topological polar surface area (TPSA) is 37.4 Å². The summed E-state index contributed by atoms with van der Waals surface area (Å²) < 4.78 is 0. The molecule has 0 saturated heterocycles. The zero-order valence-corrected chi connectivity index (χ0v) is 10.1. The Morgan fingerprint density at radius 1 is 1.18 bits per heavy atom. The molecule has 2 rings (SSSR count). The molecule has 3 heteroatoms. The van der Waals surface area contributed by atoms with E-state index in [1.165, 1.54) is 0 Å². The Morgan fingerprint density at radius 2 is 1.76 bits per heavy atom. The lowest BCUT2D eigenvalue weighted by Gasteiger charge is -2.26. The van der Waals surface area contributed by atoms with E-state index in [1.807, 2.05) is 30.3 Å². The van der Waals surface area contributed by atoms with Crippen molar-refractivity contribution in [3.8, 4) is 0 Å². The smallest absolute Gasteiger partial charge is 0.229 e. The van der Waals surface area contributed by atoms with Crippen LogP contribution in [0, 0.1) is 5.92 Å². The quantitative estimate of drug-likeness (QED) is 0.783. The summed E-state index contributed by atoms with van der Waals surface area (Å²) in [6, 6.07) is 9.62. The van der Waals surface area contributed by atoms with Gasteiger partial charge in [-0.2, -0.15) is 0 Å². The maximum Gasteiger partial charge on any atom is 0.229 e. The molecular formula is C14H17NO2. The van der Waals surface area contributed by atoms with E-state index in [2.05, 4.69) is 0 Å². The molecule has 1 fully saturated rings. The zero-order chi connectivity index (χ0) is 12.3. The molecule has 1 aromatic rings. The number of Topliss-reactive ketones (excluding diaryl/α,β-unsaturated/α-hetero) is 1. The molecule has 3 nitrogen and oxygen atoms in total. The van der Waals surface area contributed by atoms with Crippen LogP contribution in [0.3, 0.4) is 0 Å². The number of para-hydroxylation sites is 1. The van der Waals surface area contributed by atoms with E-state index in [4.69, 9.17) is 0 Å². The first-order valence-electron chi connectivity index (χ1n) is 6.03. The Kier molecular flexibility index (Phi) is 3.57. The molecule has 0 unspecified atom stereocenters. The van der Waals surface area contributed by atoms with E-state index in [0.29, 0.717) is 25.7 Å². The van der Waals surface area contributed by atoms with Gasteiger partial charge in [0.05, 0.1) is 0 Å². The highest BCUT2D eigenvalue weighted by atomic mass is 16.2. The van der Waals surface area contributed by atoms with Crippen molar-refractivity contribution in [2.75, 3.05) is 11.9 Å². The third kappa shape index (κ3) is 2.73. The van der Waals surface area contributed by atoms with Gasteiger partial charge in [-0.3, -0.25) is 9.59 Å². The number of benzene rings is 1. The molecule has 1 aliphatic carbocycles. The molecular weight excluding hydrogens is 214 g/mol. The minimum atomic E-state index is 0.0120. The fourth-order valence-corrected chi connectivity index (χ4v) is 2.24. The van der Waals surface area contributed by atoms with Crippen molar-refractivity contribution in [3.05, 3.63) is 30.3 Å². The highest BCUT2D eigenvalue weighted by Gasteiger charge is 2.27. The van der Waals surface area contributed by atoms with Gasteiger partial charge in [0.2, 0.25) is 5.91 Å². The molecule has 0 spiro atoms. The molecule has 0 aliphatic heterocycles. The summed E-state index contributed by atoms with van der Waals surface area (Å²) in [6.45, 7) is 0. The van der Waals surface area contributed by atoms with Crippen LogP contribution in [-0.2, 0) is 9.59 Å². The van der Waals surface area contributed by atoms with Gasteiger partial charge in [0.25, 0.3) is 0 Å². The number of anilines is 1. The van der Waals surface area contributed by atoms with Crippen LogP contribution >= 0.6 is 0 Å². The number of hydrogen-bond donors (Lipinski definition) is 0. The van der Waals surface area contributed by atoms with Gasteiger partial charge in [-0.1, -0.05) is 18.2 Å². The number of ketones is 1. The lowest BCUT2D eigenvalue weighted by atomic mass is 9.87. The van der Waals surface area contributed by atoms with Crippen molar-refractivity contribution in [1.82, 2.24) is 0 Å². The third-order valence-electron chi connectivity index (χ3n) is 3.37. The summed E-state index contributed by atoms with van der Waals surface area (Å²) in [5, 5.41) is 0. The SMILES string of the molecule is CN(C(=O)C1CCC(=O)CC1)c1ccccc1. The summed E-state index contributed by atoms with van der Waals surface area (Å²) in [7, 11) is 1.80. The van der Waals surface area contributed by atoms with Gasteiger partial charge in [0, 0.05) is 31.5 Å². The molecule has 0 N–H and O–H groups in total. The lowest BCUT2D eigenvalue weighted by Crippen LogP contribution is -2.35. The number of amides is 1. The van der Waals surface area contributed by atoms with Crippen LogP contribution in [0.2, 0.25) is 0 Å². The van der Waals surface area contributed by atoms with Crippen LogP contribution in [-0.4, -0.2) is 18.7 Å². The maximum atomic E-state index is 12.2. The normalized spacial score (nSPS) is 16.9. The van der Waals surface area contributed by atoms with Crippen LogP contribution in [0.4, 0.5) is 5.69 Å². The van der Waals surface area contributed by atoms with Crippen molar-refractivity contribution in [1.29, 1.82) is 0 Å². The largest absolute Gasteiger partial charge is 0.315 e. The van der Waals surface area contributed by atoms with Crippen molar-refractivity contribution in [2.24, 2.45) is 5.92 Å². The van der Waals surface area contributed by atoms with Crippen LogP contribution in [0.15, 0.2) is 30.3 Å². The Bertz CT molecular complexity index is 403. The van der Waals surface area contributed by atoms with Crippen LogP contribution < -0.4 is 4.90 Å². The van der Waals surface area contributed by atoms with E-state index in [0.717, 1.165) is 5.69 Å². The van der Waals surface area contributed by atoms with E-state index in [9.17, 15) is 9.59 Å². The van der Waals surface area contributed by atoms with Crippen molar-refractivity contribution in [2.45, 2.75) is 25.7 Å². The molecule has 90 valence electrons. The fraction of sp³-hybridized carbons (Fsp3) is 0.429. The Balaban J connectivity index is 2.03. The Hall–Kier alpha value is -1.64. The van der Waals surface area contributed by atoms with Crippen LogP contribution in [0.25, 0.3) is 0 Å². The average Bonchev–Trinajstić information content (AvgIpc) is 2.39. The average molecular weight is 231 g/mol. The van der Waals surface area contributed by atoms with Crippen LogP contribution in [0.1, 0.15) is 25.7 Å². The standard InChI is InChI=1S/C14H17NO2/c1-15(12-5-3-2-4-6-12)14(17)11-7-9-13(16)10-8-11/h2-6,11H,7-10H2,1H3. The number of hydrogen-bond acceptors (Lipinski definition) is 2. The second-order valence-electron chi connectivity index (χ2n) is 4.55. The number of carbonyl (C=O) groups excluding carboxylic acids is 2. The van der Waals surface area contributed by atoms with Gasteiger partial charge in [-0.05, 0) is 25.0 Å². The van der Waals surface area contributed by atoms with Gasteiger partial charge in [0.1, 0.15) is 5.78 Å². The third-order valence-corrected chi connectivity index (χ3v) is 3.37. The van der Waals surface area contributed by atoms with Gasteiger partial charge >= 0.3 is 0 Å². The van der Waals surface area contributed by atoms with E-state index in [-0.39, 0.29) is 17.6 Å². The fourth-order valence-electron chi connectivity index (χ4n) is 2.24. The molecule has 1 aromatic carbocycles. The molecule has 0 atom stereocenters. The first-order valence-corrected chi connectivity index (χ1v) is 6.03. The van der Waals surface area contributed by atoms with E-state index in [1.54, 1.807) is 11.9 Å². The summed E-state index contributed by atoms with van der Waals surface area (Å²) in [5.74, 6) is 0.429. The Morgan fingerprint density at radius 3 is 2.35 bits per heavy atom.